The Balaban J connectivity index is 1.94. The summed E-state index contributed by atoms with van der Waals surface area (Å²) < 4.78 is 5.10. The Morgan fingerprint density at radius 1 is 1.18 bits per heavy atom. The summed E-state index contributed by atoms with van der Waals surface area (Å²) >= 11 is 0. The summed E-state index contributed by atoms with van der Waals surface area (Å²) in [6, 6.07) is 10.9. The van der Waals surface area contributed by atoms with E-state index >= 15 is 0 Å². The van der Waals surface area contributed by atoms with E-state index in [0.29, 0.717) is 11.3 Å². The van der Waals surface area contributed by atoms with Crippen LogP contribution in [-0.2, 0) is 0 Å². The number of benzene rings is 1. The molecule has 0 saturated carbocycles. The molecule has 2 aromatic rings. The molecular weight excluding hydrogens is 278 g/mol. The van der Waals surface area contributed by atoms with Crippen molar-refractivity contribution in [3.05, 3.63) is 66.0 Å². The monoisotopic (exact) mass is 295 g/mol. The highest BCUT2D eigenvalue weighted by atomic mass is 16.5. The molecule has 1 amide bonds. The maximum absolute atomic E-state index is 11.8. The van der Waals surface area contributed by atoms with Crippen LogP contribution in [0.15, 0.2) is 60.0 Å². The van der Waals surface area contributed by atoms with Crippen LogP contribution in [-0.4, -0.2) is 23.7 Å². The highest BCUT2D eigenvalue weighted by Gasteiger charge is 2.02. The molecule has 22 heavy (non-hydrogen) atoms. The first kappa shape index (κ1) is 15.4. The van der Waals surface area contributed by atoms with Gasteiger partial charge in [0, 0.05) is 18.0 Å². The van der Waals surface area contributed by atoms with Gasteiger partial charge in [0.05, 0.1) is 12.8 Å². The molecular formula is C17H17N3O2. The highest BCUT2D eigenvalue weighted by molar-refractivity contribution is 5.99. The SMILES string of the molecule is COc1ccc(C=C/C(C)=N/NC(=O)c2ccncc2)cc1. The van der Waals surface area contributed by atoms with Gasteiger partial charge in [-0.3, -0.25) is 9.78 Å². The maximum Gasteiger partial charge on any atom is 0.271 e. The summed E-state index contributed by atoms with van der Waals surface area (Å²) in [7, 11) is 1.63. The van der Waals surface area contributed by atoms with Gasteiger partial charge in [-0.05, 0) is 42.8 Å². The second-order valence-corrected chi connectivity index (χ2v) is 4.54. The predicted octanol–water partition coefficient (Wildman–Crippen LogP) is 2.91. The van der Waals surface area contributed by atoms with E-state index in [9.17, 15) is 4.79 Å². The Kier molecular flexibility index (Phi) is 5.43. The minimum absolute atomic E-state index is 0.264. The number of nitrogens with zero attached hydrogens (tertiary/aromatic N) is 2. The van der Waals surface area contributed by atoms with Gasteiger partial charge in [-0.2, -0.15) is 5.10 Å². The van der Waals surface area contributed by atoms with Gasteiger partial charge in [-0.15, -0.1) is 0 Å². The van der Waals surface area contributed by atoms with Crippen molar-refractivity contribution < 1.29 is 9.53 Å². The van der Waals surface area contributed by atoms with Gasteiger partial charge in [-0.1, -0.05) is 18.2 Å². The first-order valence-corrected chi connectivity index (χ1v) is 6.76. The largest absolute Gasteiger partial charge is 0.497 e. The Morgan fingerprint density at radius 3 is 2.50 bits per heavy atom. The minimum Gasteiger partial charge on any atom is -0.497 e. The number of hydrazone groups is 1. The Hall–Kier alpha value is -2.95. The number of allylic oxidation sites excluding steroid dienone is 1. The number of hydrogen-bond donors (Lipinski definition) is 1. The van der Waals surface area contributed by atoms with Crippen molar-refractivity contribution in [3.8, 4) is 5.75 Å². The first-order valence-electron chi connectivity index (χ1n) is 6.76. The van der Waals surface area contributed by atoms with Crippen molar-refractivity contribution in [2.24, 2.45) is 5.10 Å². The Labute approximate surface area is 129 Å². The van der Waals surface area contributed by atoms with E-state index in [1.165, 1.54) is 0 Å². The van der Waals surface area contributed by atoms with E-state index in [4.69, 9.17) is 4.74 Å². The van der Waals surface area contributed by atoms with E-state index in [1.807, 2.05) is 43.3 Å². The molecule has 1 aromatic heterocycles. The summed E-state index contributed by atoms with van der Waals surface area (Å²) in [4.78, 5) is 15.7. The van der Waals surface area contributed by atoms with E-state index in [0.717, 1.165) is 11.3 Å². The van der Waals surface area contributed by atoms with Crippen LogP contribution in [0.4, 0.5) is 0 Å². The van der Waals surface area contributed by atoms with Crippen LogP contribution in [0.2, 0.25) is 0 Å². The fourth-order valence-electron chi connectivity index (χ4n) is 1.68. The van der Waals surface area contributed by atoms with Crippen molar-refractivity contribution in [2.75, 3.05) is 7.11 Å². The Morgan fingerprint density at radius 2 is 1.86 bits per heavy atom. The fraction of sp³-hybridized carbons (Fsp3) is 0.118. The van der Waals surface area contributed by atoms with Gasteiger partial charge < -0.3 is 4.74 Å². The quantitative estimate of drug-likeness (QED) is 0.681. The van der Waals surface area contributed by atoms with Crippen LogP contribution in [0.1, 0.15) is 22.8 Å². The van der Waals surface area contributed by atoms with Crippen LogP contribution in [0.5, 0.6) is 5.75 Å². The van der Waals surface area contributed by atoms with Gasteiger partial charge in [-0.25, -0.2) is 5.43 Å². The molecule has 0 aliphatic carbocycles. The summed E-state index contributed by atoms with van der Waals surface area (Å²) in [5, 5.41) is 4.03. The van der Waals surface area contributed by atoms with Gasteiger partial charge in [0.2, 0.25) is 0 Å². The number of nitrogens with one attached hydrogen (secondary N) is 1. The average molecular weight is 295 g/mol. The smallest absolute Gasteiger partial charge is 0.271 e. The zero-order valence-corrected chi connectivity index (χ0v) is 12.5. The van der Waals surface area contributed by atoms with Crippen molar-refractivity contribution >= 4 is 17.7 Å². The average Bonchev–Trinajstić information content (AvgIpc) is 2.59. The molecule has 0 bridgehead atoms. The van der Waals surface area contributed by atoms with Crippen molar-refractivity contribution in [2.45, 2.75) is 6.92 Å². The summed E-state index contributed by atoms with van der Waals surface area (Å²) in [6.07, 6.45) is 6.87. The van der Waals surface area contributed by atoms with Crippen LogP contribution < -0.4 is 10.2 Å². The number of rotatable bonds is 5. The summed E-state index contributed by atoms with van der Waals surface area (Å²) in [5.41, 5.74) is 4.74. The molecule has 0 atom stereocenters. The molecule has 0 radical (unpaired) electrons. The normalized spacial score (nSPS) is 11.5. The molecule has 112 valence electrons. The molecule has 0 spiro atoms. The zero-order valence-electron chi connectivity index (χ0n) is 12.5. The van der Waals surface area contributed by atoms with E-state index in [1.54, 1.807) is 31.6 Å². The third kappa shape index (κ3) is 4.56. The summed E-state index contributed by atoms with van der Waals surface area (Å²) in [5.74, 6) is 0.548. The van der Waals surface area contributed by atoms with Crippen molar-refractivity contribution in [1.82, 2.24) is 10.4 Å². The van der Waals surface area contributed by atoms with E-state index in [2.05, 4.69) is 15.5 Å². The second-order valence-electron chi connectivity index (χ2n) is 4.54. The molecule has 1 N–H and O–H groups in total. The number of ether oxygens (including phenoxy) is 1. The Bertz CT molecular complexity index is 677. The third-order valence-electron chi connectivity index (χ3n) is 2.91. The summed E-state index contributed by atoms with van der Waals surface area (Å²) in [6.45, 7) is 1.81. The molecule has 1 aromatic carbocycles. The number of carbonyl (C=O) groups excluding carboxylic acids is 1. The number of aromatic nitrogens is 1. The molecule has 2 rings (SSSR count). The fourth-order valence-corrected chi connectivity index (χ4v) is 1.68. The maximum atomic E-state index is 11.8. The van der Waals surface area contributed by atoms with Crippen LogP contribution in [0.3, 0.4) is 0 Å². The lowest BCUT2D eigenvalue weighted by molar-refractivity contribution is 0.0954. The second kappa shape index (κ2) is 7.73. The van der Waals surface area contributed by atoms with Crippen LogP contribution >= 0.6 is 0 Å². The van der Waals surface area contributed by atoms with Crippen molar-refractivity contribution in [1.29, 1.82) is 0 Å². The van der Waals surface area contributed by atoms with Gasteiger partial charge >= 0.3 is 0 Å². The highest BCUT2D eigenvalue weighted by Crippen LogP contribution is 2.12. The molecule has 0 fully saturated rings. The van der Waals surface area contributed by atoms with Gasteiger partial charge in [0.25, 0.3) is 5.91 Å². The number of carbonyl (C=O) groups is 1. The van der Waals surface area contributed by atoms with E-state index in [-0.39, 0.29) is 5.91 Å². The van der Waals surface area contributed by atoms with Crippen LogP contribution in [0.25, 0.3) is 6.08 Å². The lowest BCUT2D eigenvalue weighted by Crippen LogP contribution is -2.18. The van der Waals surface area contributed by atoms with Crippen LogP contribution in [0, 0.1) is 0 Å². The lowest BCUT2D eigenvalue weighted by Gasteiger charge is -2.00. The number of pyridine rings is 1. The molecule has 5 nitrogen and oxygen atoms in total. The number of hydrogen-bond acceptors (Lipinski definition) is 4. The van der Waals surface area contributed by atoms with Crippen molar-refractivity contribution in [3.63, 3.8) is 0 Å². The number of amides is 1. The lowest BCUT2D eigenvalue weighted by atomic mass is 10.2. The molecule has 0 aliphatic rings. The van der Waals surface area contributed by atoms with E-state index < -0.39 is 0 Å². The minimum atomic E-state index is -0.264. The molecule has 0 saturated heterocycles. The standard InChI is InChI=1S/C17H17N3O2/c1-13(3-4-14-5-7-16(22-2)8-6-14)19-20-17(21)15-9-11-18-12-10-15/h3-12H,1-2H3,(H,20,21)/b4-3?,19-13+. The predicted molar refractivity (Wildman–Crippen MR) is 86.8 cm³/mol. The van der Waals surface area contributed by atoms with Gasteiger partial charge in [0.15, 0.2) is 0 Å². The molecule has 0 unspecified atom stereocenters. The van der Waals surface area contributed by atoms with Gasteiger partial charge in [0.1, 0.15) is 5.75 Å². The number of methoxy groups -OCH3 is 1. The zero-order chi connectivity index (χ0) is 15.8. The third-order valence-corrected chi connectivity index (χ3v) is 2.91. The first-order chi connectivity index (χ1) is 10.7. The molecule has 5 heteroatoms. The molecule has 1 heterocycles. The molecule has 0 aliphatic heterocycles. The topological polar surface area (TPSA) is 63.6 Å².